The summed E-state index contributed by atoms with van der Waals surface area (Å²) in [5.74, 6) is 0.847. The van der Waals surface area contributed by atoms with Gasteiger partial charge in [0.05, 0.1) is 6.61 Å². The van der Waals surface area contributed by atoms with E-state index in [0.717, 1.165) is 38.4 Å². The molecule has 1 saturated carbocycles. The van der Waals surface area contributed by atoms with Gasteiger partial charge in [-0.2, -0.15) is 0 Å². The van der Waals surface area contributed by atoms with Crippen LogP contribution < -0.4 is 0 Å². The fraction of sp³-hybridized carbons (Fsp3) is 0.955. The molecule has 1 spiro atoms. The number of hydrogen-bond acceptors (Lipinski definition) is 4. The summed E-state index contributed by atoms with van der Waals surface area (Å²) in [4.78, 5) is 16.7. The third kappa shape index (κ3) is 5.60. The normalized spacial score (nSPS) is 27.3. The molecule has 1 aliphatic carbocycles. The number of aliphatic hydroxyl groups is 1. The molecule has 5 heteroatoms. The predicted octanol–water partition coefficient (Wildman–Crippen LogP) is 4.04. The van der Waals surface area contributed by atoms with E-state index in [1.165, 1.54) is 51.5 Å². The molecule has 0 aromatic carbocycles. The van der Waals surface area contributed by atoms with Crippen LogP contribution in [-0.2, 0) is 4.74 Å². The van der Waals surface area contributed by atoms with Crippen LogP contribution in [0.5, 0.6) is 0 Å². The van der Waals surface area contributed by atoms with Crippen LogP contribution in [0.3, 0.4) is 0 Å². The molecular weight excluding hydrogens is 340 g/mol. The van der Waals surface area contributed by atoms with Gasteiger partial charge in [-0.1, -0.05) is 0 Å². The van der Waals surface area contributed by atoms with Crippen LogP contribution in [0.15, 0.2) is 0 Å². The van der Waals surface area contributed by atoms with E-state index >= 15 is 0 Å². The van der Waals surface area contributed by atoms with Gasteiger partial charge in [-0.25, -0.2) is 4.79 Å². The van der Waals surface area contributed by atoms with Gasteiger partial charge in [0.15, 0.2) is 0 Å². The van der Waals surface area contributed by atoms with Crippen molar-refractivity contribution in [3.05, 3.63) is 0 Å². The van der Waals surface area contributed by atoms with E-state index in [9.17, 15) is 9.90 Å². The second-order valence-corrected chi connectivity index (χ2v) is 10.2. The second kappa shape index (κ2) is 8.69. The summed E-state index contributed by atoms with van der Waals surface area (Å²) in [6.07, 6.45) is 11.1. The van der Waals surface area contributed by atoms with E-state index in [4.69, 9.17) is 4.74 Å². The van der Waals surface area contributed by atoms with Gasteiger partial charge in [0, 0.05) is 19.1 Å². The molecule has 1 amide bonds. The van der Waals surface area contributed by atoms with Crippen molar-refractivity contribution in [3.8, 4) is 0 Å². The highest BCUT2D eigenvalue weighted by atomic mass is 16.6. The van der Waals surface area contributed by atoms with Crippen molar-refractivity contribution in [1.29, 1.82) is 0 Å². The summed E-state index contributed by atoms with van der Waals surface area (Å²) in [5, 5.41) is 9.48. The van der Waals surface area contributed by atoms with Gasteiger partial charge >= 0.3 is 6.09 Å². The number of carbonyl (C=O) groups excluding carboxylic acids is 1. The van der Waals surface area contributed by atoms with E-state index in [0.29, 0.717) is 18.1 Å². The van der Waals surface area contributed by atoms with Gasteiger partial charge in [-0.15, -0.1) is 0 Å². The molecule has 1 N–H and O–H groups in total. The maximum Gasteiger partial charge on any atom is 0.410 e. The number of piperidine rings is 1. The van der Waals surface area contributed by atoms with Crippen LogP contribution >= 0.6 is 0 Å². The highest BCUT2D eigenvalue weighted by Crippen LogP contribution is 2.47. The van der Waals surface area contributed by atoms with Crippen LogP contribution in [0.2, 0.25) is 0 Å². The number of rotatable bonds is 4. The Morgan fingerprint density at radius 1 is 1.07 bits per heavy atom. The number of ether oxygens (including phenoxy) is 1. The molecular formula is C22H40N2O3. The molecule has 1 atom stereocenters. The number of aliphatic hydroxyl groups excluding tert-OH is 1. The Labute approximate surface area is 165 Å². The number of carbonyl (C=O) groups is 1. The van der Waals surface area contributed by atoms with E-state index in [-0.39, 0.29) is 6.09 Å². The number of likely N-dealkylation sites (tertiary alicyclic amines) is 2. The maximum atomic E-state index is 12.3. The standard InChI is InChI=1S/C22H40N2O3/c1-21(2,3)27-20(26)24-15-11-22(12-16-24)9-6-18(7-10-22)8-14-23-13-4-5-19(23)17-25/h18-19,25H,4-17H2,1-3H3/t19-/m0/s1. The third-order valence-electron chi connectivity index (χ3n) is 7.18. The average molecular weight is 381 g/mol. The highest BCUT2D eigenvalue weighted by Gasteiger charge is 2.39. The van der Waals surface area contributed by atoms with Crippen LogP contribution in [0, 0.1) is 11.3 Å². The first-order chi connectivity index (χ1) is 12.8. The summed E-state index contributed by atoms with van der Waals surface area (Å²) >= 11 is 0. The van der Waals surface area contributed by atoms with Gasteiger partial charge in [0.25, 0.3) is 0 Å². The average Bonchev–Trinajstić information content (AvgIpc) is 3.08. The Balaban J connectivity index is 1.38. The summed E-state index contributed by atoms with van der Waals surface area (Å²) < 4.78 is 5.53. The molecule has 3 aliphatic rings. The minimum Gasteiger partial charge on any atom is -0.444 e. The zero-order valence-electron chi connectivity index (χ0n) is 17.7. The summed E-state index contributed by atoms with van der Waals surface area (Å²) in [6, 6.07) is 0.414. The largest absolute Gasteiger partial charge is 0.444 e. The molecule has 0 aromatic rings. The van der Waals surface area contributed by atoms with Crippen LogP contribution in [0.25, 0.3) is 0 Å². The van der Waals surface area contributed by atoms with E-state index in [2.05, 4.69) is 4.90 Å². The van der Waals surface area contributed by atoms with Crippen LogP contribution in [-0.4, -0.2) is 65.4 Å². The smallest absolute Gasteiger partial charge is 0.410 e. The Hall–Kier alpha value is -0.810. The lowest BCUT2D eigenvalue weighted by Gasteiger charge is -2.46. The van der Waals surface area contributed by atoms with Gasteiger partial charge in [-0.05, 0) is 103 Å². The molecule has 0 radical (unpaired) electrons. The molecule has 2 saturated heterocycles. The van der Waals surface area contributed by atoms with E-state index in [1.807, 2.05) is 25.7 Å². The molecule has 2 heterocycles. The Bertz CT molecular complexity index is 484. The fourth-order valence-electron chi connectivity index (χ4n) is 5.31. The highest BCUT2D eigenvalue weighted by molar-refractivity contribution is 5.68. The van der Waals surface area contributed by atoms with Crippen molar-refractivity contribution in [3.63, 3.8) is 0 Å². The maximum absolute atomic E-state index is 12.3. The predicted molar refractivity (Wildman–Crippen MR) is 108 cm³/mol. The number of amides is 1. The SMILES string of the molecule is CC(C)(C)OC(=O)N1CCC2(CCC(CCN3CCC[C@H]3CO)CC2)CC1. The van der Waals surface area contributed by atoms with Crippen molar-refractivity contribution in [1.82, 2.24) is 9.80 Å². The van der Waals surface area contributed by atoms with Crippen LogP contribution in [0.1, 0.15) is 78.6 Å². The summed E-state index contributed by atoms with van der Waals surface area (Å²) in [7, 11) is 0. The Kier molecular flexibility index (Phi) is 6.73. The van der Waals surface area contributed by atoms with Crippen molar-refractivity contribution in [2.24, 2.45) is 11.3 Å². The van der Waals surface area contributed by atoms with Crippen molar-refractivity contribution >= 4 is 6.09 Å². The zero-order chi connectivity index (χ0) is 19.5. The molecule has 5 nitrogen and oxygen atoms in total. The lowest BCUT2D eigenvalue weighted by molar-refractivity contribution is 0.000730. The van der Waals surface area contributed by atoms with Crippen LogP contribution in [0.4, 0.5) is 4.79 Å². The van der Waals surface area contributed by atoms with Crippen molar-refractivity contribution < 1.29 is 14.6 Å². The Morgan fingerprint density at radius 3 is 2.33 bits per heavy atom. The number of hydrogen-bond donors (Lipinski definition) is 1. The quantitative estimate of drug-likeness (QED) is 0.800. The lowest BCUT2D eigenvalue weighted by Crippen LogP contribution is -2.46. The molecule has 2 aliphatic heterocycles. The lowest BCUT2D eigenvalue weighted by atomic mass is 9.65. The van der Waals surface area contributed by atoms with Gasteiger partial charge in [-0.3, -0.25) is 4.90 Å². The molecule has 3 fully saturated rings. The second-order valence-electron chi connectivity index (χ2n) is 10.2. The minimum absolute atomic E-state index is 0.143. The zero-order valence-corrected chi connectivity index (χ0v) is 17.7. The van der Waals surface area contributed by atoms with E-state index < -0.39 is 5.60 Å². The molecule has 0 aromatic heterocycles. The first-order valence-corrected chi connectivity index (χ1v) is 11.1. The first kappa shape index (κ1) is 20.9. The molecule has 156 valence electrons. The molecule has 0 unspecified atom stereocenters. The molecule has 3 rings (SSSR count). The molecule has 27 heavy (non-hydrogen) atoms. The van der Waals surface area contributed by atoms with Crippen molar-refractivity contribution in [2.45, 2.75) is 90.2 Å². The van der Waals surface area contributed by atoms with Crippen molar-refractivity contribution in [2.75, 3.05) is 32.8 Å². The van der Waals surface area contributed by atoms with Gasteiger partial charge < -0.3 is 14.7 Å². The first-order valence-electron chi connectivity index (χ1n) is 11.1. The Morgan fingerprint density at radius 2 is 1.74 bits per heavy atom. The summed E-state index contributed by atoms with van der Waals surface area (Å²) in [6.45, 7) is 10.2. The van der Waals surface area contributed by atoms with Gasteiger partial charge in [0.2, 0.25) is 0 Å². The third-order valence-corrected chi connectivity index (χ3v) is 7.18. The van der Waals surface area contributed by atoms with Gasteiger partial charge in [0.1, 0.15) is 5.60 Å². The minimum atomic E-state index is -0.408. The monoisotopic (exact) mass is 380 g/mol. The number of nitrogens with zero attached hydrogens (tertiary/aromatic N) is 2. The fourth-order valence-corrected chi connectivity index (χ4v) is 5.31. The summed E-state index contributed by atoms with van der Waals surface area (Å²) in [5.41, 5.74) is 0.0605. The van der Waals surface area contributed by atoms with E-state index in [1.54, 1.807) is 0 Å². The molecule has 0 bridgehead atoms. The topological polar surface area (TPSA) is 53.0 Å².